The van der Waals surface area contributed by atoms with Gasteiger partial charge in [0.1, 0.15) is 12.4 Å². The van der Waals surface area contributed by atoms with Crippen molar-refractivity contribution >= 4 is 5.78 Å². The summed E-state index contributed by atoms with van der Waals surface area (Å²) in [5, 5.41) is 11.4. The molecular formula is C15H15O3-. The fraction of sp³-hybridized carbons (Fsp3) is 0.267. The lowest BCUT2D eigenvalue weighted by atomic mass is 9.86. The highest BCUT2D eigenvalue weighted by Crippen LogP contribution is 2.35. The predicted octanol–water partition coefficient (Wildman–Crippen LogP) is 1.94. The highest BCUT2D eigenvalue weighted by molar-refractivity contribution is 5.91. The second-order valence-electron chi connectivity index (χ2n) is 4.32. The van der Waals surface area contributed by atoms with E-state index in [4.69, 9.17) is 4.74 Å². The summed E-state index contributed by atoms with van der Waals surface area (Å²) < 4.78 is 5.56. The van der Waals surface area contributed by atoms with Gasteiger partial charge in [0.15, 0.2) is 5.78 Å². The van der Waals surface area contributed by atoms with Crippen molar-refractivity contribution in [2.75, 3.05) is 6.61 Å². The zero-order chi connectivity index (χ0) is 13.0. The Hall–Kier alpha value is -2.03. The van der Waals surface area contributed by atoms with Crippen LogP contribution in [-0.4, -0.2) is 12.4 Å². The van der Waals surface area contributed by atoms with Gasteiger partial charge in [0.25, 0.3) is 0 Å². The summed E-state index contributed by atoms with van der Waals surface area (Å²) in [6, 6.07) is 7.53. The Morgan fingerprint density at radius 1 is 1.39 bits per heavy atom. The van der Waals surface area contributed by atoms with E-state index in [0.717, 1.165) is 11.3 Å². The number of hydrogen-bond donors (Lipinski definition) is 0. The number of carbonyl (C=O) groups excluding carboxylic acids is 1. The molecule has 94 valence electrons. The molecule has 0 aliphatic heterocycles. The van der Waals surface area contributed by atoms with Crippen LogP contribution in [0.15, 0.2) is 48.8 Å². The van der Waals surface area contributed by atoms with Crippen LogP contribution in [0.1, 0.15) is 24.3 Å². The topological polar surface area (TPSA) is 49.4 Å². The van der Waals surface area contributed by atoms with Crippen molar-refractivity contribution in [2.45, 2.75) is 18.8 Å². The van der Waals surface area contributed by atoms with Crippen molar-refractivity contribution < 1.29 is 14.6 Å². The van der Waals surface area contributed by atoms with Crippen molar-refractivity contribution in [2.24, 2.45) is 0 Å². The van der Waals surface area contributed by atoms with Crippen LogP contribution < -0.4 is 9.84 Å². The van der Waals surface area contributed by atoms with Crippen molar-refractivity contribution in [3.63, 3.8) is 0 Å². The van der Waals surface area contributed by atoms with Crippen LogP contribution >= 0.6 is 0 Å². The van der Waals surface area contributed by atoms with Gasteiger partial charge in [-0.1, -0.05) is 30.9 Å². The molecule has 18 heavy (non-hydrogen) atoms. The van der Waals surface area contributed by atoms with Gasteiger partial charge in [0.2, 0.25) is 0 Å². The second kappa shape index (κ2) is 5.54. The number of ether oxygens (including phenoxy) is 1. The van der Waals surface area contributed by atoms with Crippen LogP contribution in [0.5, 0.6) is 5.75 Å². The van der Waals surface area contributed by atoms with E-state index in [1.807, 2.05) is 24.3 Å². The van der Waals surface area contributed by atoms with E-state index in [0.29, 0.717) is 19.4 Å². The Kier molecular flexibility index (Phi) is 3.82. The largest absolute Gasteiger partial charge is 0.875 e. The number of ketones is 1. The summed E-state index contributed by atoms with van der Waals surface area (Å²) in [4.78, 5) is 11.4. The molecule has 2 rings (SSSR count). The summed E-state index contributed by atoms with van der Waals surface area (Å²) in [6.07, 6.45) is 3.62. The summed E-state index contributed by atoms with van der Waals surface area (Å²) in [6.45, 7) is 4.02. The molecule has 1 atom stereocenters. The lowest BCUT2D eigenvalue weighted by Crippen LogP contribution is -2.19. The van der Waals surface area contributed by atoms with Crippen LogP contribution in [0.3, 0.4) is 0 Å². The molecule has 1 aliphatic carbocycles. The third kappa shape index (κ3) is 2.80. The van der Waals surface area contributed by atoms with Gasteiger partial charge in [-0.3, -0.25) is 4.79 Å². The minimum absolute atomic E-state index is 0.0731. The molecule has 1 aromatic carbocycles. The van der Waals surface area contributed by atoms with Crippen molar-refractivity contribution in [1.82, 2.24) is 0 Å². The van der Waals surface area contributed by atoms with Crippen molar-refractivity contribution in [1.29, 1.82) is 0 Å². The van der Waals surface area contributed by atoms with Crippen LogP contribution in [0, 0.1) is 0 Å². The zero-order valence-electron chi connectivity index (χ0n) is 10.1. The molecule has 0 bridgehead atoms. The minimum Gasteiger partial charge on any atom is -0.875 e. The number of carbonyl (C=O) groups is 1. The Morgan fingerprint density at radius 2 is 2.17 bits per heavy atom. The van der Waals surface area contributed by atoms with Gasteiger partial charge >= 0.3 is 0 Å². The van der Waals surface area contributed by atoms with Gasteiger partial charge in [-0.05, 0) is 30.0 Å². The molecule has 1 aromatic rings. The van der Waals surface area contributed by atoms with Gasteiger partial charge in [-0.2, -0.15) is 0 Å². The summed E-state index contributed by atoms with van der Waals surface area (Å²) >= 11 is 0. The maximum absolute atomic E-state index is 11.4. The first kappa shape index (κ1) is 12.4. The molecule has 0 radical (unpaired) electrons. The van der Waals surface area contributed by atoms with Gasteiger partial charge in [0, 0.05) is 6.42 Å². The first-order valence-corrected chi connectivity index (χ1v) is 5.93. The molecule has 0 aromatic heterocycles. The summed E-state index contributed by atoms with van der Waals surface area (Å²) in [5.74, 6) is 0.450. The maximum atomic E-state index is 11.4. The van der Waals surface area contributed by atoms with Crippen LogP contribution in [-0.2, 0) is 4.79 Å². The van der Waals surface area contributed by atoms with Crippen LogP contribution in [0.2, 0.25) is 0 Å². The fourth-order valence-corrected chi connectivity index (χ4v) is 2.17. The average Bonchev–Trinajstić information content (AvgIpc) is 2.35. The quantitative estimate of drug-likeness (QED) is 0.759. The molecule has 0 saturated heterocycles. The SMILES string of the molecule is C=CCOc1ccccc1C1CC(=O)C=C([O-])C1. The summed E-state index contributed by atoms with van der Waals surface area (Å²) in [7, 11) is 0. The predicted molar refractivity (Wildman–Crippen MR) is 67.2 cm³/mol. The molecule has 0 spiro atoms. The number of hydrogen-bond acceptors (Lipinski definition) is 3. The summed E-state index contributed by atoms with van der Waals surface area (Å²) in [5.41, 5.74) is 0.925. The molecule has 0 fully saturated rings. The smallest absolute Gasteiger partial charge is 0.155 e. The van der Waals surface area contributed by atoms with E-state index in [1.165, 1.54) is 6.08 Å². The van der Waals surface area contributed by atoms with Gasteiger partial charge in [-0.15, -0.1) is 5.76 Å². The van der Waals surface area contributed by atoms with E-state index in [2.05, 4.69) is 6.58 Å². The van der Waals surface area contributed by atoms with Crippen molar-refractivity contribution in [3.8, 4) is 5.75 Å². The third-order valence-corrected chi connectivity index (χ3v) is 2.93. The number of rotatable bonds is 4. The van der Waals surface area contributed by atoms with Gasteiger partial charge in [-0.25, -0.2) is 0 Å². The third-order valence-electron chi connectivity index (χ3n) is 2.93. The molecule has 0 saturated carbocycles. The Labute approximate surface area is 106 Å². The lowest BCUT2D eigenvalue weighted by molar-refractivity contribution is -0.308. The van der Waals surface area contributed by atoms with Gasteiger partial charge < -0.3 is 9.84 Å². The normalized spacial score (nSPS) is 19.2. The molecular weight excluding hydrogens is 228 g/mol. The van der Waals surface area contributed by atoms with E-state index in [9.17, 15) is 9.90 Å². The standard InChI is InChI=1S/C15H16O3/c1-2-7-18-15-6-4-3-5-14(15)11-8-12(16)10-13(17)9-11/h2-6,10-11,16H,1,7-9H2/p-1. The van der Waals surface area contributed by atoms with E-state index in [1.54, 1.807) is 6.08 Å². The second-order valence-corrected chi connectivity index (χ2v) is 4.32. The monoisotopic (exact) mass is 243 g/mol. The Bertz CT molecular complexity index is 488. The number of allylic oxidation sites excluding steroid dienone is 2. The minimum atomic E-state index is -0.102. The maximum Gasteiger partial charge on any atom is 0.155 e. The Balaban J connectivity index is 2.25. The first-order valence-electron chi connectivity index (χ1n) is 5.93. The number of benzene rings is 1. The molecule has 0 amide bonds. The Morgan fingerprint density at radius 3 is 2.89 bits per heavy atom. The first-order chi connectivity index (χ1) is 8.70. The lowest BCUT2D eigenvalue weighted by Gasteiger charge is -2.26. The fourth-order valence-electron chi connectivity index (χ4n) is 2.17. The molecule has 0 N–H and O–H groups in total. The van der Waals surface area contributed by atoms with Crippen molar-refractivity contribution in [3.05, 3.63) is 54.3 Å². The number of para-hydroxylation sites is 1. The van der Waals surface area contributed by atoms with E-state index < -0.39 is 0 Å². The molecule has 1 aliphatic rings. The highest BCUT2D eigenvalue weighted by Gasteiger charge is 2.21. The van der Waals surface area contributed by atoms with Crippen LogP contribution in [0.4, 0.5) is 0 Å². The molecule has 3 heteroatoms. The highest BCUT2D eigenvalue weighted by atomic mass is 16.5. The zero-order valence-corrected chi connectivity index (χ0v) is 10.1. The van der Waals surface area contributed by atoms with E-state index in [-0.39, 0.29) is 17.5 Å². The van der Waals surface area contributed by atoms with Gasteiger partial charge in [0.05, 0.1) is 0 Å². The molecule has 1 unspecified atom stereocenters. The average molecular weight is 243 g/mol. The molecule has 0 heterocycles. The van der Waals surface area contributed by atoms with E-state index >= 15 is 0 Å². The molecule has 3 nitrogen and oxygen atoms in total. The van der Waals surface area contributed by atoms with Crippen LogP contribution in [0.25, 0.3) is 0 Å².